The Morgan fingerprint density at radius 2 is 1.74 bits per heavy atom. The molecule has 3 rings (SSSR count). The summed E-state index contributed by atoms with van der Waals surface area (Å²) in [6, 6.07) is 13.0. The number of hydrogen-bond donors (Lipinski definition) is 1. The SMILES string of the molecule is CC1(C)c2ccccc2Nc2ccc([N+](=O)[O-])cc21. The van der Waals surface area contributed by atoms with Crippen LogP contribution in [0.5, 0.6) is 0 Å². The molecule has 4 nitrogen and oxygen atoms in total. The van der Waals surface area contributed by atoms with Crippen LogP contribution in [0.25, 0.3) is 0 Å². The van der Waals surface area contributed by atoms with Gasteiger partial charge in [-0.25, -0.2) is 0 Å². The lowest BCUT2D eigenvalue weighted by Gasteiger charge is -2.35. The largest absolute Gasteiger partial charge is 0.355 e. The smallest absolute Gasteiger partial charge is 0.269 e. The molecule has 0 spiro atoms. The molecular weight excluding hydrogens is 240 g/mol. The van der Waals surface area contributed by atoms with E-state index < -0.39 is 0 Å². The Hall–Kier alpha value is -2.36. The Kier molecular flexibility index (Phi) is 2.35. The van der Waals surface area contributed by atoms with E-state index in [-0.39, 0.29) is 16.0 Å². The monoisotopic (exact) mass is 254 g/mol. The van der Waals surface area contributed by atoms with Crippen LogP contribution in [-0.4, -0.2) is 4.92 Å². The first-order valence-electron chi connectivity index (χ1n) is 6.15. The van der Waals surface area contributed by atoms with E-state index in [1.165, 1.54) is 6.07 Å². The van der Waals surface area contributed by atoms with Gasteiger partial charge in [-0.2, -0.15) is 0 Å². The van der Waals surface area contributed by atoms with Gasteiger partial charge in [-0.15, -0.1) is 0 Å². The van der Waals surface area contributed by atoms with E-state index in [1.54, 1.807) is 12.1 Å². The number of nitrogens with one attached hydrogen (secondary N) is 1. The number of anilines is 2. The summed E-state index contributed by atoms with van der Waals surface area (Å²) < 4.78 is 0. The first-order chi connectivity index (χ1) is 9.00. The van der Waals surface area contributed by atoms with Crippen LogP contribution in [0, 0.1) is 10.1 Å². The number of non-ortho nitro benzene ring substituents is 1. The van der Waals surface area contributed by atoms with Crippen molar-refractivity contribution in [3.63, 3.8) is 0 Å². The average Bonchev–Trinajstić information content (AvgIpc) is 2.38. The van der Waals surface area contributed by atoms with Crippen molar-refractivity contribution in [2.45, 2.75) is 19.3 Å². The van der Waals surface area contributed by atoms with Gasteiger partial charge in [0.1, 0.15) is 0 Å². The molecular formula is C15H14N2O2. The highest BCUT2D eigenvalue weighted by atomic mass is 16.6. The molecule has 1 heterocycles. The van der Waals surface area contributed by atoms with E-state index in [0.717, 1.165) is 22.5 Å². The van der Waals surface area contributed by atoms with Crippen molar-refractivity contribution in [2.75, 3.05) is 5.32 Å². The molecule has 4 heteroatoms. The van der Waals surface area contributed by atoms with Crippen molar-refractivity contribution < 1.29 is 4.92 Å². The summed E-state index contributed by atoms with van der Waals surface area (Å²) in [6.45, 7) is 4.18. The van der Waals surface area contributed by atoms with Crippen molar-refractivity contribution in [1.82, 2.24) is 0 Å². The first-order valence-corrected chi connectivity index (χ1v) is 6.15. The number of nitro groups is 1. The molecule has 0 aliphatic carbocycles. The minimum atomic E-state index is -0.350. The van der Waals surface area contributed by atoms with Gasteiger partial charge in [-0.05, 0) is 23.3 Å². The van der Waals surface area contributed by atoms with Crippen molar-refractivity contribution in [3.05, 3.63) is 63.7 Å². The molecule has 2 aromatic carbocycles. The summed E-state index contributed by atoms with van der Waals surface area (Å²) in [5.74, 6) is 0. The second-order valence-corrected chi connectivity index (χ2v) is 5.28. The van der Waals surface area contributed by atoms with Crippen LogP contribution in [0.15, 0.2) is 42.5 Å². The van der Waals surface area contributed by atoms with E-state index >= 15 is 0 Å². The Balaban J connectivity index is 2.23. The summed E-state index contributed by atoms with van der Waals surface area (Å²) >= 11 is 0. The Morgan fingerprint density at radius 3 is 2.47 bits per heavy atom. The maximum Gasteiger partial charge on any atom is 0.269 e. The summed E-state index contributed by atoms with van der Waals surface area (Å²) in [6.07, 6.45) is 0. The molecule has 0 fully saturated rings. The van der Waals surface area contributed by atoms with Crippen LogP contribution in [0.1, 0.15) is 25.0 Å². The molecule has 0 amide bonds. The number of benzene rings is 2. The zero-order chi connectivity index (χ0) is 13.6. The zero-order valence-electron chi connectivity index (χ0n) is 10.8. The summed E-state index contributed by atoms with van der Waals surface area (Å²) in [4.78, 5) is 10.6. The van der Waals surface area contributed by atoms with Gasteiger partial charge in [0.25, 0.3) is 5.69 Å². The van der Waals surface area contributed by atoms with Gasteiger partial charge in [0.15, 0.2) is 0 Å². The van der Waals surface area contributed by atoms with Gasteiger partial charge in [0.05, 0.1) is 4.92 Å². The summed E-state index contributed by atoms with van der Waals surface area (Å²) in [5.41, 5.74) is 4.00. The third kappa shape index (κ3) is 1.68. The molecule has 0 unspecified atom stereocenters. The fourth-order valence-corrected chi connectivity index (χ4v) is 2.70. The van der Waals surface area contributed by atoms with Crippen LogP contribution < -0.4 is 5.32 Å². The van der Waals surface area contributed by atoms with Crippen LogP contribution in [0.4, 0.5) is 17.1 Å². The predicted molar refractivity (Wildman–Crippen MR) is 74.9 cm³/mol. The summed E-state index contributed by atoms with van der Waals surface area (Å²) in [7, 11) is 0. The van der Waals surface area contributed by atoms with Gasteiger partial charge in [-0.1, -0.05) is 32.0 Å². The van der Waals surface area contributed by atoms with Crippen molar-refractivity contribution in [3.8, 4) is 0 Å². The maximum atomic E-state index is 10.9. The van der Waals surface area contributed by atoms with Crippen LogP contribution >= 0.6 is 0 Å². The standard InChI is InChI=1S/C15H14N2O2/c1-15(2)11-5-3-4-6-13(11)16-14-8-7-10(17(18)19)9-12(14)15/h3-9,16H,1-2H3. The maximum absolute atomic E-state index is 10.9. The molecule has 0 saturated heterocycles. The Bertz CT molecular complexity index is 678. The molecule has 0 bridgehead atoms. The van der Waals surface area contributed by atoms with E-state index in [0.29, 0.717) is 0 Å². The zero-order valence-corrected chi connectivity index (χ0v) is 10.8. The quantitative estimate of drug-likeness (QED) is 0.618. The molecule has 1 N–H and O–H groups in total. The third-order valence-corrected chi connectivity index (χ3v) is 3.76. The van der Waals surface area contributed by atoms with Crippen LogP contribution in [0.2, 0.25) is 0 Å². The second kappa shape index (κ2) is 3.82. The van der Waals surface area contributed by atoms with Gasteiger partial charge < -0.3 is 5.32 Å². The molecule has 0 saturated carbocycles. The highest BCUT2D eigenvalue weighted by Gasteiger charge is 2.33. The van der Waals surface area contributed by atoms with Gasteiger partial charge in [0.2, 0.25) is 0 Å². The van der Waals surface area contributed by atoms with E-state index in [2.05, 4.69) is 25.2 Å². The topological polar surface area (TPSA) is 55.2 Å². The Labute approximate surface area is 111 Å². The van der Waals surface area contributed by atoms with E-state index in [1.807, 2.05) is 18.2 Å². The average molecular weight is 254 g/mol. The molecule has 0 atom stereocenters. The molecule has 2 aromatic rings. The van der Waals surface area contributed by atoms with E-state index in [9.17, 15) is 10.1 Å². The fraction of sp³-hybridized carbons (Fsp3) is 0.200. The summed E-state index contributed by atoms with van der Waals surface area (Å²) in [5, 5.41) is 14.3. The molecule has 0 aromatic heterocycles. The first kappa shape index (κ1) is 11.7. The Morgan fingerprint density at radius 1 is 1.05 bits per heavy atom. The lowest BCUT2D eigenvalue weighted by atomic mass is 9.74. The number of rotatable bonds is 1. The number of para-hydroxylation sites is 1. The highest BCUT2D eigenvalue weighted by Crippen LogP contribution is 2.45. The van der Waals surface area contributed by atoms with E-state index in [4.69, 9.17) is 0 Å². The molecule has 1 aliphatic heterocycles. The van der Waals surface area contributed by atoms with Crippen molar-refractivity contribution >= 4 is 17.1 Å². The third-order valence-electron chi connectivity index (χ3n) is 3.76. The number of nitro benzene ring substituents is 1. The van der Waals surface area contributed by atoms with Crippen LogP contribution in [-0.2, 0) is 5.41 Å². The second-order valence-electron chi connectivity index (χ2n) is 5.28. The van der Waals surface area contributed by atoms with Crippen molar-refractivity contribution in [2.24, 2.45) is 0 Å². The number of hydrogen-bond acceptors (Lipinski definition) is 3. The fourth-order valence-electron chi connectivity index (χ4n) is 2.70. The van der Waals surface area contributed by atoms with Gasteiger partial charge in [0, 0.05) is 28.9 Å². The molecule has 96 valence electrons. The highest BCUT2D eigenvalue weighted by molar-refractivity contribution is 5.76. The molecule has 1 aliphatic rings. The van der Waals surface area contributed by atoms with Gasteiger partial charge in [-0.3, -0.25) is 10.1 Å². The molecule has 19 heavy (non-hydrogen) atoms. The van der Waals surface area contributed by atoms with Crippen molar-refractivity contribution in [1.29, 1.82) is 0 Å². The predicted octanol–water partition coefficient (Wildman–Crippen LogP) is 3.98. The van der Waals surface area contributed by atoms with Crippen LogP contribution in [0.3, 0.4) is 0 Å². The van der Waals surface area contributed by atoms with Gasteiger partial charge >= 0.3 is 0 Å². The molecule has 0 radical (unpaired) electrons. The number of nitrogens with zero attached hydrogens (tertiary/aromatic N) is 1. The normalized spacial score (nSPS) is 15.1. The minimum absolute atomic E-state index is 0.132. The lowest BCUT2D eigenvalue weighted by molar-refractivity contribution is -0.384. The lowest BCUT2D eigenvalue weighted by Crippen LogP contribution is -2.25. The minimum Gasteiger partial charge on any atom is -0.355 e. The number of fused-ring (bicyclic) bond motifs is 2.